The molecule has 0 unspecified atom stereocenters. The minimum Gasteiger partial charge on any atom is -0.207 e. The lowest BCUT2D eigenvalue weighted by molar-refractivity contribution is 0.629. The van der Waals surface area contributed by atoms with E-state index in [1.165, 1.54) is 6.07 Å². The van der Waals surface area contributed by atoms with Crippen molar-refractivity contribution in [3.8, 4) is 11.1 Å². The van der Waals surface area contributed by atoms with Crippen molar-refractivity contribution >= 4 is 5.57 Å². The van der Waals surface area contributed by atoms with Crippen molar-refractivity contribution in [2.24, 2.45) is 0 Å². The standard InChI is InChI=1S/C20H18F2/c1-13-3-6-15(7-4-13)17-10-8-16(12-20(17)22)18-9-5-14(2)11-19(18)21/h3-4,6-8,10-12H,5,9H2,1-2H3. The van der Waals surface area contributed by atoms with E-state index in [0.29, 0.717) is 23.1 Å². The minimum atomic E-state index is -0.312. The number of allylic oxidation sites excluding steroid dienone is 4. The second-order valence-corrected chi connectivity index (χ2v) is 5.88. The average molecular weight is 296 g/mol. The Morgan fingerprint density at radius 2 is 1.50 bits per heavy atom. The van der Waals surface area contributed by atoms with E-state index in [1.54, 1.807) is 12.1 Å². The summed E-state index contributed by atoms with van der Waals surface area (Å²) in [6.45, 7) is 3.91. The molecule has 0 radical (unpaired) electrons. The van der Waals surface area contributed by atoms with Crippen LogP contribution < -0.4 is 0 Å². The topological polar surface area (TPSA) is 0 Å². The quantitative estimate of drug-likeness (QED) is 0.617. The molecule has 0 atom stereocenters. The molecule has 1 aliphatic carbocycles. The molecule has 0 heterocycles. The highest BCUT2D eigenvalue weighted by Crippen LogP contribution is 2.34. The van der Waals surface area contributed by atoms with Crippen LogP contribution in [0.5, 0.6) is 0 Å². The lowest BCUT2D eigenvalue weighted by Gasteiger charge is -2.15. The predicted octanol–water partition coefficient (Wildman–Crippen LogP) is 6.22. The molecule has 0 saturated carbocycles. The number of hydrogen-bond donors (Lipinski definition) is 0. The molecular weight excluding hydrogens is 278 g/mol. The Bertz CT molecular complexity index is 765. The van der Waals surface area contributed by atoms with Crippen LogP contribution in [0.2, 0.25) is 0 Å². The van der Waals surface area contributed by atoms with Crippen LogP contribution in [0.25, 0.3) is 16.7 Å². The molecule has 0 amide bonds. The van der Waals surface area contributed by atoms with Crippen LogP contribution in [0.1, 0.15) is 30.9 Å². The first-order valence-electron chi connectivity index (χ1n) is 7.47. The zero-order valence-electron chi connectivity index (χ0n) is 12.8. The van der Waals surface area contributed by atoms with E-state index in [4.69, 9.17) is 0 Å². The second-order valence-electron chi connectivity index (χ2n) is 5.88. The summed E-state index contributed by atoms with van der Waals surface area (Å²) in [5.41, 5.74) is 4.78. The highest BCUT2D eigenvalue weighted by molar-refractivity contribution is 5.74. The number of rotatable bonds is 2. The Morgan fingerprint density at radius 1 is 0.818 bits per heavy atom. The lowest BCUT2D eigenvalue weighted by Crippen LogP contribution is -1.96. The minimum absolute atomic E-state index is 0.244. The zero-order valence-corrected chi connectivity index (χ0v) is 12.8. The largest absolute Gasteiger partial charge is 0.207 e. The van der Waals surface area contributed by atoms with Crippen LogP contribution in [-0.2, 0) is 0 Å². The molecule has 0 aromatic heterocycles. The monoisotopic (exact) mass is 296 g/mol. The molecular formula is C20H18F2. The number of hydrogen-bond acceptors (Lipinski definition) is 0. The maximum Gasteiger partial charge on any atom is 0.131 e. The second kappa shape index (κ2) is 5.88. The fraction of sp³-hybridized carbons (Fsp3) is 0.200. The Morgan fingerprint density at radius 3 is 2.14 bits per heavy atom. The van der Waals surface area contributed by atoms with Gasteiger partial charge in [-0.25, -0.2) is 8.78 Å². The summed E-state index contributed by atoms with van der Waals surface area (Å²) in [5.74, 6) is -0.556. The van der Waals surface area contributed by atoms with Crippen molar-refractivity contribution in [3.05, 3.63) is 76.9 Å². The molecule has 112 valence electrons. The molecule has 22 heavy (non-hydrogen) atoms. The van der Waals surface area contributed by atoms with Crippen molar-refractivity contribution in [1.29, 1.82) is 0 Å². The fourth-order valence-electron chi connectivity index (χ4n) is 2.77. The molecule has 0 bridgehead atoms. The summed E-state index contributed by atoms with van der Waals surface area (Å²) in [7, 11) is 0. The third kappa shape index (κ3) is 2.87. The first-order valence-corrected chi connectivity index (χ1v) is 7.47. The Hall–Kier alpha value is -2.22. The Kier molecular flexibility index (Phi) is 3.93. The zero-order chi connectivity index (χ0) is 15.7. The first kappa shape index (κ1) is 14.7. The first-order chi connectivity index (χ1) is 10.5. The van der Waals surface area contributed by atoms with Gasteiger partial charge in [0.25, 0.3) is 0 Å². The molecule has 0 spiro atoms. The van der Waals surface area contributed by atoms with Crippen LogP contribution in [0.4, 0.5) is 8.78 Å². The Labute approximate surface area is 129 Å². The summed E-state index contributed by atoms with van der Waals surface area (Å²) in [4.78, 5) is 0. The van der Waals surface area contributed by atoms with Gasteiger partial charge < -0.3 is 0 Å². The maximum atomic E-state index is 14.4. The van der Waals surface area contributed by atoms with Crippen LogP contribution in [0, 0.1) is 12.7 Å². The fourth-order valence-corrected chi connectivity index (χ4v) is 2.77. The van der Waals surface area contributed by atoms with Gasteiger partial charge in [0.2, 0.25) is 0 Å². The molecule has 0 aliphatic heterocycles. The van der Waals surface area contributed by atoms with Crippen LogP contribution >= 0.6 is 0 Å². The molecule has 0 N–H and O–H groups in total. The Balaban J connectivity index is 2.00. The number of aryl methyl sites for hydroxylation is 1. The van der Waals surface area contributed by atoms with E-state index in [-0.39, 0.29) is 11.6 Å². The van der Waals surface area contributed by atoms with E-state index >= 15 is 0 Å². The number of halogens is 2. The number of benzene rings is 2. The van der Waals surface area contributed by atoms with Gasteiger partial charge in [-0.2, -0.15) is 0 Å². The van der Waals surface area contributed by atoms with Crippen LogP contribution in [0.3, 0.4) is 0 Å². The van der Waals surface area contributed by atoms with Crippen molar-refractivity contribution in [2.45, 2.75) is 26.7 Å². The summed E-state index contributed by atoms with van der Waals surface area (Å²) in [6.07, 6.45) is 2.99. The van der Waals surface area contributed by atoms with Crippen molar-refractivity contribution in [3.63, 3.8) is 0 Å². The summed E-state index contributed by atoms with van der Waals surface area (Å²) in [5, 5.41) is 0. The van der Waals surface area contributed by atoms with E-state index < -0.39 is 0 Å². The summed E-state index contributed by atoms with van der Waals surface area (Å²) in [6, 6.07) is 12.7. The molecule has 2 aromatic rings. The van der Waals surface area contributed by atoms with Gasteiger partial charge in [-0.1, -0.05) is 47.5 Å². The average Bonchev–Trinajstić information content (AvgIpc) is 2.48. The molecule has 1 aliphatic rings. The smallest absolute Gasteiger partial charge is 0.131 e. The summed E-state index contributed by atoms with van der Waals surface area (Å²) >= 11 is 0. The van der Waals surface area contributed by atoms with Gasteiger partial charge in [0.15, 0.2) is 0 Å². The van der Waals surface area contributed by atoms with Gasteiger partial charge in [0.1, 0.15) is 11.6 Å². The van der Waals surface area contributed by atoms with E-state index in [2.05, 4.69) is 0 Å². The van der Waals surface area contributed by atoms with E-state index in [0.717, 1.165) is 23.1 Å². The highest BCUT2D eigenvalue weighted by Gasteiger charge is 2.15. The van der Waals surface area contributed by atoms with Gasteiger partial charge >= 0.3 is 0 Å². The van der Waals surface area contributed by atoms with Crippen molar-refractivity contribution < 1.29 is 8.78 Å². The van der Waals surface area contributed by atoms with Crippen molar-refractivity contribution in [2.75, 3.05) is 0 Å². The molecule has 2 aromatic carbocycles. The molecule has 3 rings (SSSR count). The van der Waals surface area contributed by atoms with Crippen LogP contribution in [0.15, 0.2) is 59.9 Å². The normalized spacial score (nSPS) is 15.0. The van der Waals surface area contributed by atoms with Gasteiger partial charge in [-0.15, -0.1) is 0 Å². The molecule has 0 fully saturated rings. The lowest BCUT2D eigenvalue weighted by atomic mass is 9.91. The van der Waals surface area contributed by atoms with Gasteiger partial charge in [-0.05, 0) is 55.5 Å². The molecule has 2 heteroatoms. The SMILES string of the molecule is CC1=CC(F)=C(c2ccc(-c3ccc(C)cc3)c(F)c2)CC1. The van der Waals surface area contributed by atoms with Gasteiger partial charge in [0, 0.05) is 5.56 Å². The summed E-state index contributed by atoms with van der Waals surface area (Å²) < 4.78 is 28.5. The third-order valence-corrected chi connectivity index (χ3v) is 4.11. The van der Waals surface area contributed by atoms with E-state index in [9.17, 15) is 8.78 Å². The van der Waals surface area contributed by atoms with Gasteiger partial charge in [0.05, 0.1) is 0 Å². The van der Waals surface area contributed by atoms with Crippen molar-refractivity contribution in [1.82, 2.24) is 0 Å². The van der Waals surface area contributed by atoms with E-state index in [1.807, 2.05) is 44.2 Å². The highest BCUT2D eigenvalue weighted by atomic mass is 19.1. The maximum absolute atomic E-state index is 14.4. The molecule has 0 nitrogen and oxygen atoms in total. The predicted molar refractivity (Wildman–Crippen MR) is 87.6 cm³/mol. The molecule has 0 saturated heterocycles. The third-order valence-electron chi connectivity index (χ3n) is 4.11. The van der Waals surface area contributed by atoms with Gasteiger partial charge in [-0.3, -0.25) is 0 Å². The van der Waals surface area contributed by atoms with Crippen LogP contribution in [-0.4, -0.2) is 0 Å².